The van der Waals surface area contributed by atoms with Crippen molar-refractivity contribution < 1.29 is 19.1 Å². The van der Waals surface area contributed by atoms with Crippen LogP contribution in [0.15, 0.2) is 30.3 Å². The van der Waals surface area contributed by atoms with Gasteiger partial charge in [-0.05, 0) is 24.9 Å². The fourth-order valence-corrected chi connectivity index (χ4v) is 3.01. The fraction of sp³-hybridized carbons (Fsp3) is 0.529. The molecular weight excluding hydrogens is 296 g/mol. The molecule has 23 heavy (non-hydrogen) atoms. The molecule has 0 saturated carbocycles. The zero-order valence-electron chi connectivity index (χ0n) is 13.7. The van der Waals surface area contributed by atoms with E-state index in [4.69, 9.17) is 4.74 Å². The van der Waals surface area contributed by atoms with Gasteiger partial charge in [0.1, 0.15) is 5.54 Å². The van der Waals surface area contributed by atoms with E-state index in [2.05, 4.69) is 27.1 Å². The number of carbonyl (C=O) groups is 2. The van der Waals surface area contributed by atoms with Crippen LogP contribution >= 0.6 is 0 Å². The molecule has 1 aromatic carbocycles. The Kier molecular flexibility index (Phi) is 6.12. The Morgan fingerprint density at radius 3 is 2.61 bits per heavy atom. The van der Waals surface area contributed by atoms with Crippen molar-refractivity contribution in [2.75, 3.05) is 33.9 Å². The molecule has 1 aromatic rings. The van der Waals surface area contributed by atoms with Crippen LogP contribution in [-0.4, -0.2) is 56.2 Å². The summed E-state index contributed by atoms with van der Waals surface area (Å²) in [6.07, 6.45) is 1.50. The van der Waals surface area contributed by atoms with Crippen LogP contribution in [0.1, 0.15) is 18.4 Å². The van der Waals surface area contributed by atoms with Crippen molar-refractivity contribution in [1.82, 2.24) is 10.2 Å². The van der Waals surface area contributed by atoms with Crippen LogP contribution < -0.4 is 5.32 Å². The molecule has 0 aliphatic carbocycles. The minimum atomic E-state index is -0.865. The Bertz CT molecular complexity index is 535. The van der Waals surface area contributed by atoms with Gasteiger partial charge in [0.05, 0.1) is 20.8 Å². The number of esters is 2. The van der Waals surface area contributed by atoms with Crippen LogP contribution in [0.5, 0.6) is 0 Å². The fourth-order valence-electron chi connectivity index (χ4n) is 3.01. The number of piperidine rings is 1. The molecule has 0 radical (unpaired) electrons. The van der Waals surface area contributed by atoms with Gasteiger partial charge >= 0.3 is 11.9 Å². The average Bonchev–Trinajstić information content (AvgIpc) is 2.60. The highest BCUT2D eigenvalue weighted by atomic mass is 16.5. The number of likely N-dealkylation sites (tertiary alicyclic amines) is 1. The van der Waals surface area contributed by atoms with E-state index in [-0.39, 0.29) is 12.5 Å². The molecular formula is C17H24N2O4. The Balaban J connectivity index is 2.08. The second-order valence-electron chi connectivity index (χ2n) is 5.80. The lowest BCUT2D eigenvalue weighted by molar-refractivity contribution is -0.152. The molecule has 1 atom stereocenters. The first kappa shape index (κ1) is 17.4. The molecule has 1 aliphatic heterocycles. The van der Waals surface area contributed by atoms with Gasteiger partial charge in [0, 0.05) is 13.1 Å². The van der Waals surface area contributed by atoms with Gasteiger partial charge in [-0.3, -0.25) is 19.8 Å². The summed E-state index contributed by atoms with van der Waals surface area (Å²) < 4.78 is 9.63. The second-order valence-corrected chi connectivity index (χ2v) is 5.80. The van der Waals surface area contributed by atoms with Gasteiger partial charge in [-0.15, -0.1) is 0 Å². The zero-order valence-corrected chi connectivity index (χ0v) is 13.7. The molecule has 126 valence electrons. The zero-order chi connectivity index (χ0) is 16.7. The van der Waals surface area contributed by atoms with Gasteiger partial charge in [0.25, 0.3) is 0 Å². The molecule has 6 nitrogen and oxygen atoms in total. The summed E-state index contributed by atoms with van der Waals surface area (Å²) in [6.45, 7) is 2.17. The number of nitrogens with one attached hydrogen (secondary N) is 1. The van der Waals surface area contributed by atoms with E-state index in [9.17, 15) is 9.59 Å². The van der Waals surface area contributed by atoms with E-state index < -0.39 is 11.5 Å². The molecule has 0 unspecified atom stereocenters. The number of nitrogens with zero attached hydrogens (tertiary/aromatic N) is 1. The molecule has 1 aliphatic rings. The Labute approximate surface area is 136 Å². The number of rotatable bonds is 6. The van der Waals surface area contributed by atoms with E-state index >= 15 is 0 Å². The number of hydrogen-bond donors (Lipinski definition) is 1. The van der Waals surface area contributed by atoms with Crippen molar-refractivity contribution >= 4 is 11.9 Å². The van der Waals surface area contributed by atoms with E-state index in [0.717, 1.165) is 19.5 Å². The summed E-state index contributed by atoms with van der Waals surface area (Å²) in [5.74, 6) is -0.729. The topological polar surface area (TPSA) is 67.9 Å². The molecule has 1 fully saturated rings. The largest absolute Gasteiger partial charge is 0.468 e. The highest BCUT2D eigenvalue weighted by Gasteiger charge is 2.43. The lowest BCUT2D eigenvalue weighted by Crippen LogP contribution is -2.62. The van der Waals surface area contributed by atoms with E-state index in [1.54, 1.807) is 0 Å². The minimum Gasteiger partial charge on any atom is -0.468 e. The van der Waals surface area contributed by atoms with Crippen LogP contribution in [-0.2, 0) is 25.6 Å². The quantitative estimate of drug-likeness (QED) is 0.788. The second kappa shape index (κ2) is 8.08. The molecule has 1 saturated heterocycles. The standard InChI is InChI=1S/C17H24N2O4/c1-22-15(20)11-18-17(16(21)23-2)9-6-10-19(13-17)12-14-7-4-3-5-8-14/h3-5,7-8,18H,6,9-13H2,1-2H3/t17-/m1/s1. The first-order chi connectivity index (χ1) is 11.1. The monoisotopic (exact) mass is 320 g/mol. The van der Waals surface area contributed by atoms with Crippen LogP contribution in [0.4, 0.5) is 0 Å². The predicted molar refractivity (Wildman–Crippen MR) is 85.7 cm³/mol. The number of ether oxygens (including phenoxy) is 2. The van der Waals surface area contributed by atoms with Gasteiger partial charge in [-0.1, -0.05) is 30.3 Å². The van der Waals surface area contributed by atoms with E-state index in [1.165, 1.54) is 19.8 Å². The third-order valence-electron chi connectivity index (χ3n) is 4.20. The summed E-state index contributed by atoms with van der Waals surface area (Å²) in [4.78, 5) is 26.0. The van der Waals surface area contributed by atoms with Crippen molar-refractivity contribution in [1.29, 1.82) is 0 Å². The lowest BCUT2D eigenvalue weighted by atomic mass is 9.88. The molecule has 0 amide bonds. The summed E-state index contributed by atoms with van der Waals surface area (Å²) >= 11 is 0. The van der Waals surface area contributed by atoms with Gasteiger partial charge in [0.2, 0.25) is 0 Å². The Morgan fingerprint density at radius 2 is 1.96 bits per heavy atom. The number of methoxy groups -OCH3 is 2. The highest BCUT2D eigenvalue weighted by Crippen LogP contribution is 2.24. The smallest absolute Gasteiger partial charge is 0.327 e. The first-order valence-corrected chi connectivity index (χ1v) is 7.76. The summed E-state index contributed by atoms with van der Waals surface area (Å²) in [5, 5.41) is 3.06. The SMILES string of the molecule is COC(=O)CN[C@]1(C(=O)OC)CCCN(Cc2ccccc2)C1. The molecule has 0 aromatic heterocycles. The summed E-state index contributed by atoms with van der Waals surface area (Å²) in [6, 6.07) is 10.1. The number of carbonyl (C=O) groups excluding carboxylic acids is 2. The predicted octanol–water partition coefficient (Wildman–Crippen LogP) is 0.957. The normalized spacial score (nSPS) is 21.7. The van der Waals surface area contributed by atoms with Crippen LogP contribution in [0, 0.1) is 0 Å². The molecule has 0 spiro atoms. The van der Waals surface area contributed by atoms with E-state index in [0.29, 0.717) is 13.0 Å². The molecule has 1 heterocycles. The maximum absolute atomic E-state index is 12.3. The highest BCUT2D eigenvalue weighted by molar-refractivity contribution is 5.82. The van der Waals surface area contributed by atoms with Crippen molar-refractivity contribution in [3.8, 4) is 0 Å². The maximum Gasteiger partial charge on any atom is 0.327 e. The van der Waals surface area contributed by atoms with Crippen LogP contribution in [0.3, 0.4) is 0 Å². The summed E-state index contributed by atoms with van der Waals surface area (Å²) in [5.41, 5.74) is 0.330. The number of hydrogen-bond acceptors (Lipinski definition) is 6. The van der Waals surface area contributed by atoms with Crippen molar-refractivity contribution in [2.45, 2.75) is 24.9 Å². The van der Waals surface area contributed by atoms with Gasteiger partial charge in [-0.2, -0.15) is 0 Å². The van der Waals surface area contributed by atoms with E-state index in [1.807, 2.05) is 18.2 Å². The third kappa shape index (κ3) is 4.53. The minimum absolute atomic E-state index is 0.00915. The maximum atomic E-state index is 12.3. The molecule has 2 rings (SSSR count). The summed E-state index contributed by atoms with van der Waals surface area (Å²) in [7, 11) is 2.71. The van der Waals surface area contributed by atoms with Crippen molar-refractivity contribution in [3.63, 3.8) is 0 Å². The number of benzene rings is 1. The lowest BCUT2D eigenvalue weighted by Gasteiger charge is -2.41. The van der Waals surface area contributed by atoms with Crippen molar-refractivity contribution in [3.05, 3.63) is 35.9 Å². The van der Waals surface area contributed by atoms with Crippen LogP contribution in [0.2, 0.25) is 0 Å². The van der Waals surface area contributed by atoms with Gasteiger partial charge in [0.15, 0.2) is 0 Å². The van der Waals surface area contributed by atoms with Crippen molar-refractivity contribution in [2.24, 2.45) is 0 Å². The molecule has 6 heteroatoms. The van der Waals surface area contributed by atoms with Gasteiger partial charge < -0.3 is 9.47 Å². The first-order valence-electron chi connectivity index (χ1n) is 7.76. The van der Waals surface area contributed by atoms with Crippen LogP contribution in [0.25, 0.3) is 0 Å². The Morgan fingerprint density at radius 1 is 1.22 bits per heavy atom. The molecule has 1 N–H and O–H groups in total. The Hall–Kier alpha value is -1.92. The molecule has 0 bridgehead atoms. The van der Waals surface area contributed by atoms with Gasteiger partial charge in [-0.25, -0.2) is 0 Å². The third-order valence-corrected chi connectivity index (χ3v) is 4.20. The average molecular weight is 320 g/mol.